The summed E-state index contributed by atoms with van der Waals surface area (Å²) in [5.41, 5.74) is 4.25. The van der Waals surface area contributed by atoms with Gasteiger partial charge in [0.25, 0.3) is 0 Å². The highest BCUT2D eigenvalue weighted by Crippen LogP contribution is 2.31. The topological polar surface area (TPSA) is 61.5 Å². The number of para-hydroxylation sites is 1. The van der Waals surface area contributed by atoms with Crippen molar-refractivity contribution >= 4 is 29.6 Å². The van der Waals surface area contributed by atoms with Crippen LogP contribution in [0.3, 0.4) is 0 Å². The molecule has 1 aromatic heterocycles. The molecule has 0 atom stereocenters. The van der Waals surface area contributed by atoms with Crippen molar-refractivity contribution in [1.29, 1.82) is 0 Å². The Balaban J connectivity index is 1.58. The van der Waals surface area contributed by atoms with Crippen LogP contribution in [0, 0.1) is 6.92 Å². The first-order valence-electron chi connectivity index (χ1n) is 11.8. The molecule has 36 heavy (non-hydrogen) atoms. The van der Waals surface area contributed by atoms with Gasteiger partial charge >= 0.3 is 0 Å². The van der Waals surface area contributed by atoms with E-state index in [0.29, 0.717) is 18.1 Å². The van der Waals surface area contributed by atoms with E-state index in [9.17, 15) is 0 Å². The van der Waals surface area contributed by atoms with Gasteiger partial charge in [0.05, 0.1) is 13.3 Å². The minimum absolute atomic E-state index is 0.429. The lowest BCUT2D eigenvalue weighted by atomic mass is 10.1. The predicted octanol–water partition coefficient (Wildman–Crippen LogP) is 6.95. The molecule has 0 aliphatic rings. The summed E-state index contributed by atoms with van der Waals surface area (Å²) in [6, 6.07) is 21.8. The van der Waals surface area contributed by atoms with Crippen molar-refractivity contribution in [3.8, 4) is 11.5 Å². The lowest BCUT2D eigenvalue weighted by Gasteiger charge is -2.13. The average molecular weight is 521 g/mol. The van der Waals surface area contributed by atoms with Crippen LogP contribution in [0.15, 0.2) is 77.0 Å². The van der Waals surface area contributed by atoms with Gasteiger partial charge in [-0.1, -0.05) is 78.3 Å². The number of thioether (sulfide) groups is 1. The molecule has 0 bridgehead atoms. The molecule has 0 aliphatic carbocycles. The van der Waals surface area contributed by atoms with Crippen molar-refractivity contribution in [3.05, 3.63) is 99.8 Å². The molecule has 0 radical (unpaired) electrons. The summed E-state index contributed by atoms with van der Waals surface area (Å²) < 4.78 is 13.6. The maximum Gasteiger partial charge on any atom is 0.212 e. The van der Waals surface area contributed by atoms with Crippen molar-refractivity contribution in [1.82, 2.24) is 14.9 Å². The Morgan fingerprint density at radius 2 is 1.83 bits per heavy atom. The Morgan fingerprint density at radius 3 is 2.58 bits per heavy atom. The molecule has 0 amide bonds. The molecule has 0 saturated heterocycles. The second kappa shape index (κ2) is 12.6. The molecule has 8 heteroatoms. The fraction of sp³-hybridized carbons (Fsp3) is 0.250. The first kappa shape index (κ1) is 25.8. The van der Waals surface area contributed by atoms with Gasteiger partial charge in [-0.3, -0.25) is 0 Å². The smallest absolute Gasteiger partial charge is 0.212 e. The number of rotatable bonds is 11. The minimum Gasteiger partial charge on any atom is -0.493 e. The number of halogens is 1. The number of methoxy groups -OCH3 is 1. The Hall–Kier alpha value is -3.29. The van der Waals surface area contributed by atoms with E-state index in [1.54, 1.807) is 25.1 Å². The minimum atomic E-state index is 0.429. The Morgan fingerprint density at radius 1 is 1.03 bits per heavy atom. The van der Waals surface area contributed by atoms with Crippen LogP contribution in [0.4, 0.5) is 0 Å². The van der Waals surface area contributed by atoms with Gasteiger partial charge in [0.2, 0.25) is 5.16 Å². The van der Waals surface area contributed by atoms with Gasteiger partial charge in [-0.2, -0.15) is 9.78 Å². The molecule has 0 N–H and O–H groups in total. The van der Waals surface area contributed by atoms with Gasteiger partial charge in [0.15, 0.2) is 17.3 Å². The third-order valence-corrected chi connectivity index (χ3v) is 6.68. The molecular weight excluding hydrogens is 492 g/mol. The molecule has 0 spiro atoms. The summed E-state index contributed by atoms with van der Waals surface area (Å²) >= 11 is 7.60. The van der Waals surface area contributed by atoms with E-state index in [0.717, 1.165) is 51.3 Å². The fourth-order valence-corrected chi connectivity index (χ4v) is 4.62. The first-order valence-corrected chi connectivity index (χ1v) is 13.1. The Kier molecular flexibility index (Phi) is 9.03. The Bertz CT molecular complexity index is 1320. The van der Waals surface area contributed by atoms with E-state index in [1.807, 2.05) is 53.2 Å². The molecule has 0 saturated carbocycles. The van der Waals surface area contributed by atoms with Crippen LogP contribution in [0.2, 0.25) is 5.02 Å². The van der Waals surface area contributed by atoms with Crippen LogP contribution in [-0.4, -0.2) is 28.2 Å². The number of hydrogen-bond donors (Lipinski definition) is 0. The molecular formula is C28H29ClN4O2S. The van der Waals surface area contributed by atoms with E-state index in [-0.39, 0.29) is 0 Å². The van der Waals surface area contributed by atoms with Gasteiger partial charge in [-0.05, 0) is 48.7 Å². The summed E-state index contributed by atoms with van der Waals surface area (Å²) in [5.74, 6) is 2.85. The lowest BCUT2D eigenvalue weighted by molar-refractivity contribution is 0.284. The van der Waals surface area contributed by atoms with E-state index in [2.05, 4.69) is 42.2 Å². The molecule has 0 aliphatic heterocycles. The zero-order chi connectivity index (χ0) is 25.3. The number of nitrogens with zero attached hydrogens (tertiary/aromatic N) is 4. The number of ether oxygens (including phenoxy) is 2. The second-order valence-corrected chi connectivity index (χ2v) is 9.66. The van der Waals surface area contributed by atoms with Crippen LogP contribution in [0.25, 0.3) is 0 Å². The molecule has 4 aromatic rings. The van der Waals surface area contributed by atoms with Crippen molar-refractivity contribution in [2.24, 2.45) is 5.10 Å². The zero-order valence-electron chi connectivity index (χ0n) is 20.6. The molecule has 0 unspecified atom stereocenters. The van der Waals surface area contributed by atoms with Gasteiger partial charge in [-0.25, -0.2) is 0 Å². The summed E-state index contributed by atoms with van der Waals surface area (Å²) in [7, 11) is 1.64. The van der Waals surface area contributed by atoms with Gasteiger partial charge in [0, 0.05) is 22.8 Å². The third-order valence-electron chi connectivity index (χ3n) is 5.44. The highest BCUT2D eigenvalue weighted by Gasteiger charge is 2.14. The average Bonchev–Trinajstić information content (AvgIpc) is 3.27. The summed E-state index contributed by atoms with van der Waals surface area (Å²) in [4.78, 5) is 0. The maximum absolute atomic E-state index is 6.22. The van der Waals surface area contributed by atoms with Gasteiger partial charge in [-0.15, -0.1) is 10.2 Å². The molecule has 6 nitrogen and oxygen atoms in total. The van der Waals surface area contributed by atoms with Crippen LogP contribution < -0.4 is 9.47 Å². The summed E-state index contributed by atoms with van der Waals surface area (Å²) in [6.45, 7) is 4.61. The third kappa shape index (κ3) is 6.68. The molecule has 3 aromatic carbocycles. The largest absolute Gasteiger partial charge is 0.493 e. The SMILES string of the molecule is CCCc1nnc(SCc2ccc(Cl)cc2)n1/N=C\c1cccc(OC)c1OCc1cccc(C)c1. The van der Waals surface area contributed by atoms with E-state index in [1.165, 1.54) is 5.56 Å². The molecule has 186 valence electrons. The van der Waals surface area contributed by atoms with Crippen LogP contribution in [0.5, 0.6) is 11.5 Å². The van der Waals surface area contributed by atoms with Crippen molar-refractivity contribution < 1.29 is 9.47 Å². The van der Waals surface area contributed by atoms with Gasteiger partial charge < -0.3 is 9.47 Å². The van der Waals surface area contributed by atoms with Crippen LogP contribution >= 0.6 is 23.4 Å². The molecule has 4 rings (SSSR count). The molecule has 0 fully saturated rings. The Labute approximate surface area is 221 Å². The van der Waals surface area contributed by atoms with Crippen LogP contribution in [0.1, 0.15) is 41.4 Å². The normalized spacial score (nSPS) is 11.2. The van der Waals surface area contributed by atoms with Gasteiger partial charge in [0.1, 0.15) is 6.61 Å². The maximum atomic E-state index is 6.22. The summed E-state index contributed by atoms with van der Waals surface area (Å²) in [5, 5.41) is 15.0. The number of aromatic nitrogens is 3. The number of benzene rings is 3. The second-order valence-electron chi connectivity index (χ2n) is 8.28. The summed E-state index contributed by atoms with van der Waals surface area (Å²) in [6.07, 6.45) is 3.50. The van der Waals surface area contributed by atoms with Crippen molar-refractivity contribution in [2.45, 2.75) is 44.2 Å². The fourth-order valence-electron chi connectivity index (χ4n) is 3.64. The quantitative estimate of drug-likeness (QED) is 0.158. The predicted molar refractivity (Wildman–Crippen MR) is 147 cm³/mol. The monoisotopic (exact) mass is 520 g/mol. The van der Waals surface area contributed by atoms with Crippen molar-refractivity contribution in [3.63, 3.8) is 0 Å². The number of hydrogen-bond acceptors (Lipinski definition) is 6. The standard InChI is InChI=1S/C28H29ClN4O2S/c1-4-7-26-31-32-28(36-19-21-12-14-24(29)15-13-21)33(26)30-17-23-10-6-11-25(34-3)27(23)35-18-22-9-5-8-20(2)16-22/h5-6,8-17H,4,7,18-19H2,1-3H3/b30-17-. The zero-order valence-corrected chi connectivity index (χ0v) is 22.2. The van der Waals surface area contributed by atoms with Crippen molar-refractivity contribution in [2.75, 3.05) is 7.11 Å². The van der Waals surface area contributed by atoms with Crippen LogP contribution in [-0.2, 0) is 18.8 Å². The van der Waals surface area contributed by atoms with E-state index in [4.69, 9.17) is 26.2 Å². The highest BCUT2D eigenvalue weighted by molar-refractivity contribution is 7.98. The van der Waals surface area contributed by atoms with E-state index < -0.39 is 0 Å². The highest BCUT2D eigenvalue weighted by atomic mass is 35.5. The van der Waals surface area contributed by atoms with E-state index >= 15 is 0 Å². The number of aryl methyl sites for hydroxylation is 2. The lowest BCUT2D eigenvalue weighted by Crippen LogP contribution is -2.03. The first-order chi connectivity index (χ1) is 17.6. The molecule has 1 heterocycles.